The summed E-state index contributed by atoms with van der Waals surface area (Å²) >= 11 is 0. The highest BCUT2D eigenvalue weighted by Crippen LogP contribution is 2.32. The number of rotatable bonds is 6. The van der Waals surface area contributed by atoms with Crippen molar-refractivity contribution in [3.63, 3.8) is 0 Å². The molecule has 2 aliphatic heterocycles. The van der Waals surface area contributed by atoms with Crippen LogP contribution in [0, 0.1) is 6.92 Å². The van der Waals surface area contributed by atoms with Crippen LogP contribution in [0.4, 0.5) is 4.79 Å². The Balaban J connectivity index is 1.58. The number of aryl methyl sites for hydroxylation is 1. The van der Waals surface area contributed by atoms with Gasteiger partial charge in [0.25, 0.3) is 5.91 Å². The summed E-state index contributed by atoms with van der Waals surface area (Å²) in [5, 5.41) is 2.95. The van der Waals surface area contributed by atoms with Crippen molar-refractivity contribution >= 4 is 17.9 Å². The maximum atomic E-state index is 13.1. The number of benzene rings is 1. The smallest absolute Gasteiger partial charge is 0.338 e. The normalized spacial score (nSPS) is 19.3. The van der Waals surface area contributed by atoms with E-state index in [1.165, 1.54) is 11.2 Å². The number of likely N-dealkylation sites (N-methyl/N-ethyl adjacent to an activating group) is 1. The van der Waals surface area contributed by atoms with Crippen LogP contribution >= 0.6 is 0 Å². The lowest BCUT2D eigenvalue weighted by Crippen LogP contribution is -2.53. The first-order chi connectivity index (χ1) is 16.4. The Hall–Kier alpha value is -3.59. The fourth-order valence-corrected chi connectivity index (χ4v) is 4.37. The van der Waals surface area contributed by atoms with E-state index in [-0.39, 0.29) is 18.5 Å². The van der Waals surface area contributed by atoms with Gasteiger partial charge in [0.15, 0.2) is 5.76 Å². The van der Waals surface area contributed by atoms with E-state index in [0.29, 0.717) is 49.8 Å². The third kappa shape index (κ3) is 4.84. The Morgan fingerprint density at radius 2 is 1.91 bits per heavy atom. The highest BCUT2D eigenvalue weighted by molar-refractivity contribution is 5.95. The van der Waals surface area contributed by atoms with Crippen LogP contribution in [0.3, 0.4) is 0 Å². The topological polar surface area (TPSA) is 95.3 Å². The average molecular weight is 467 g/mol. The Bertz CT molecular complexity index is 1090. The highest BCUT2D eigenvalue weighted by atomic mass is 16.5. The number of carbonyl (C=O) groups is 3. The van der Waals surface area contributed by atoms with Crippen molar-refractivity contribution in [1.29, 1.82) is 0 Å². The number of nitrogens with zero attached hydrogens (tertiary/aromatic N) is 3. The molecule has 1 aromatic heterocycles. The van der Waals surface area contributed by atoms with Crippen LogP contribution in [-0.4, -0.2) is 79.0 Å². The summed E-state index contributed by atoms with van der Waals surface area (Å²) in [7, 11) is 1.66. The number of piperazine rings is 1. The van der Waals surface area contributed by atoms with Crippen LogP contribution in [0.5, 0.6) is 0 Å². The molecule has 34 heavy (non-hydrogen) atoms. The van der Waals surface area contributed by atoms with Crippen LogP contribution in [0.1, 0.15) is 34.6 Å². The van der Waals surface area contributed by atoms with Crippen LogP contribution in [0.15, 0.2) is 58.3 Å². The first-order valence-electron chi connectivity index (χ1n) is 11.4. The molecule has 1 aromatic carbocycles. The summed E-state index contributed by atoms with van der Waals surface area (Å²) in [5.41, 5.74) is 2.91. The van der Waals surface area contributed by atoms with E-state index in [1.54, 1.807) is 31.0 Å². The first-order valence-corrected chi connectivity index (χ1v) is 11.4. The maximum Gasteiger partial charge on any atom is 0.338 e. The van der Waals surface area contributed by atoms with Crippen molar-refractivity contribution in [2.45, 2.75) is 19.9 Å². The van der Waals surface area contributed by atoms with Crippen LogP contribution in [0.25, 0.3) is 0 Å². The molecule has 4 rings (SSSR count). The molecule has 0 spiro atoms. The van der Waals surface area contributed by atoms with Gasteiger partial charge in [-0.05, 0) is 31.5 Å². The minimum Gasteiger partial charge on any atom is -0.463 e. The molecule has 2 aromatic rings. The summed E-state index contributed by atoms with van der Waals surface area (Å²) in [6.45, 7) is 6.63. The average Bonchev–Trinajstić information content (AvgIpc) is 3.37. The number of esters is 1. The van der Waals surface area contributed by atoms with Crippen molar-refractivity contribution in [3.8, 4) is 0 Å². The zero-order chi connectivity index (χ0) is 24.2. The van der Waals surface area contributed by atoms with Gasteiger partial charge in [-0.15, -0.1) is 0 Å². The van der Waals surface area contributed by atoms with Crippen molar-refractivity contribution in [2.75, 3.05) is 46.4 Å². The van der Waals surface area contributed by atoms with Crippen molar-refractivity contribution in [1.82, 2.24) is 20.0 Å². The van der Waals surface area contributed by atoms with Crippen LogP contribution in [-0.2, 0) is 9.53 Å². The molecule has 0 bridgehead atoms. The SMILES string of the molecule is CCOC(=O)C1=C(CN2CCN(C(=O)c3ccco3)CC2)N(C)C(=O)N[C@@H]1c1cccc(C)c1. The van der Waals surface area contributed by atoms with Crippen molar-refractivity contribution in [2.24, 2.45) is 0 Å². The minimum atomic E-state index is -0.598. The zero-order valence-electron chi connectivity index (χ0n) is 19.7. The van der Waals surface area contributed by atoms with E-state index in [0.717, 1.165) is 11.1 Å². The molecular weight excluding hydrogens is 436 g/mol. The molecule has 3 amide bonds. The third-order valence-electron chi connectivity index (χ3n) is 6.21. The largest absolute Gasteiger partial charge is 0.463 e. The quantitative estimate of drug-likeness (QED) is 0.658. The Morgan fingerprint density at radius 3 is 2.56 bits per heavy atom. The molecule has 2 aliphatic rings. The summed E-state index contributed by atoms with van der Waals surface area (Å²) < 4.78 is 10.6. The molecule has 180 valence electrons. The molecule has 0 saturated carbocycles. The Kier molecular flexibility index (Phi) is 7.02. The van der Waals surface area contributed by atoms with Gasteiger partial charge in [0.05, 0.1) is 24.5 Å². The van der Waals surface area contributed by atoms with Gasteiger partial charge in [-0.3, -0.25) is 14.6 Å². The summed E-state index contributed by atoms with van der Waals surface area (Å²) in [6.07, 6.45) is 1.49. The molecular formula is C25H30N4O5. The number of ether oxygens (including phenoxy) is 1. The molecule has 0 aliphatic carbocycles. The number of furan rings is 1. The predicted molar refractivity (Wildman–Crippen MR) is 125 cm³/mol. The fraction of sp³-hybridized carbons (Fsp3) is 0.400. The summed E-state index contributed by atoms with van der Waals surface area (Å²) in [5.74, 6) is -0.252. The number of hydrogen-bond acceptors (Lipinski definition) is 6. The third-order valence-corrected chi connectivity index (χ3v) is 6.21. The van der Waals surface area contributed by atoms with E-state index in [2.05, 4.69) is 10.2 Å². The summed E-state index contributed by atoms with van der Waals surface area (Å²) in [4.78, 5) is 43.9. The summed E-state index contributed by atoms with van der Waals surface area (Å²) in [6, 6.07) is 10.2. The van der Waals surface area contributed by atoms with E-state index in [1.807, 2.05) is 31.2 Å². The van der Waals surface area contributed by atoms with Crippen LogP contribution in [0.2, 0.25) is 0 Å². The number of nitrogens with one attached hydrogen (secondary N) is 1. The molecule has 1 atom stereocenters. The number of amides is 3. The molecule has 0 radical (unpaired) electrons. The minimum absolute atomic E-state index is 0.134. The lowest BCUT2D eigenvalue weighted by molar-refractivity contribution is -0.139. The van der Waals surface area contributed by atoms with Gasteiger partial charge in [-0.1, -0.05) is 29.8 Å². The van der Waals surface area contributed by atoms with E-state index >= 15 is 0 Å². The molecule has 3 heterocycles. The van der Waals surface area contributed by atoms with E-state index in [4.69, 9.17) is 9.15 Å². The second kappa shape index (κ2) is 10.1. The first kappa shape index (κ1) is 23.6. The van der Waals surface area contributed by atoms with Gasteiger partial charge in [0.2, 0.25) is 0 Å². The van der Waals surface area contributed by atoms with Crippen molar-refractivity contribution < 1.29 is 23.5 Å². The van der Waals surface area contributed by atoms with Crippen LogP contribution < -0.4 is 5.32 Å². The Morgan fingerprint density at radius 1 is 1.15 bits per heavy atom. The lowest BCUT2D eigenvalue weighted by Gasteiger charge is -2.39. The van der Waals surface area contributed by atoms with Gasteiger partial charge in [0.1, 0.15) is 0 Å². The Labute approximate surface area is 198 Å². The second-order valence-electron chi connectivity index (χ2n) is 8.48. The fourth-order valence-electron chi connectivity index (χ4n) is 4.37. The monoisotopic (exact) mass is 466 g/mol. The number of hydrogen-bond donors (Lipinski definition) is 1. The van der Waals surface area contributed by atoms with E-state index in [9.17, 15) is 14.4 Å². The van der Waals surface area contributed by atoms with Gasteiger partial charge in [-0.2, -0.15) is 0 Å². The molecule has 9 heteroatoms. The molecule has 1 fully saturated rings. The molecule has 9 nitrogen and oxygen atoms in total. The zero-order valence-corrected chi connectivity index (χ0v) is 19.7. The predicted octanol–water partition coefficient (Wildman–Crippen LogP) is 2.56. The molecule has 0 unspecified atom stereocenters. The van der Waals surface area contributed by atoms with Crippen molar-refractivity contribution in [3.05, 3.63) is 70.8 Å². The molecule has 1 N–H and O–H groups in total. The van der Waals surface area contributed by atoms with E-state index < -0.39 is 12.0 Å². The standard InChI is InChI=1S/C25H30N4O5/c1-4-33-24(31)21-19(27(3)25(32)26-22(21)18-8-5-7-17(2)15-18)16-28-10-12-29(13-11-28)23(30)20-9-6-14-34-20/h5-9,14-15,22H,4,10-13,16H2,1-3H3,(H,26,32)/t22-/m1/s1. The number of carbonyl (C=O) groups excluding carboxylic acids is 3. The van der Waals surface area contributed by atoms with Gasteiger partial charge in [-0.25, -0.2) is 9.59 Å². The number of urea groups is 1. The maximum absolute atomic E-state index is 13.1. The lowest BCUT2D eigenvalue weighted by atomic mass is 9.93. The van der Waals surface area contributed by atoms with Gasteiger partial charge < -0.3 is 19.4 Å². The molecule has 1 saturated heterocycles. The van der Waals surface area contributed by atoms with Gasteiger partial charge >= 0.3 is 12.0 Å². The second-order valence-corrected chi connectivity index (χ2v) is 8.48. The van der Waals surface area contributed by atoms with Gasteiger partial charge in [0, 0.05) is 45.5 Å². The highest BCUT2D eigenvalue weighted by Gasteiger charge is 2.38.